The van der Waals surface area contributed by atoms with Gasteiger partial charge in [-0.2, -0.15) is 26.3 Å². The fourth-order valence-electron chi connectivity index (χ4n) is 5.32. The van der Waals surface area contributed by atoms with Crippen LogP contribution in [0.1, 0.15) is 65.9 Å². The zero-order valence-corrected chi connectivity index (χ0v) is 34.0. The summed E-state index contributed by atoms with van der Waals surface area (Å²) in [5, 5.41) is 7.66. The minimum absolute atomic E-state index is 0.0567. The average molecular weight is 898 g/mol. The molecule has 0 unspecified atom stereocenters. The minimum atomic E-state index is -4.61. The van der Waals surface area contributed by atoms with Crippen molar-refractivity contribution in [3.05, 3.63) is 114 Å². The summed E-state index contributed by atoms with van der Waals surface area (Å²) in [4.78, 5) is 37.7. The van der Waals surface area contributed by atoms with Crippen molar-refractivity contribution in [2.45, 2.75) is 71.8 Å². The summed E-state index contributed by atoms with van der Waals surface area (Å²) < 4.78 is 97.0. The van der Waals surface area contributed by atoms with Crippen LogP contribution in [0.3, 0.4) is 0 Å². The average Bonchev–Trinajstić information content (AvgIpc) is 3.08. The zero-order chi connectivity index (χ0) is 43.1. The van der Waals surface area contributed by atoms with Gasteiger partial charge in [0.25, 0.3) is 5.91 Å². The summed E-state index contributed by atoms with van der Waals surface area (Å²) in [6.45, 7) is 5.66. The smallest absolute Gasteiger partial charge is 0.416 e. The molecule has 0 spiro atoms. The summed E-state index contributed by atoms with van der Waals surface area (Å²) in [6.07, 6.45) is -9.70. The number of hydrogen-bond donors (Lipinski definition) is 3. The molecule has 9 nitrogen and oxygen atoms in total. The molecule has 3 N–H and O–H groups in total. The Morgan fingerprint density at radius 2 is 1.00 bits per heavy atom. The number of esters is 2. The van der Waals surface area contributed by atoms with Crippen LogP contribution in [0, 0.1) is 0 Å². The van der Waals surface area contributed by atoms with Crippen LogP contribution in [0.5, 0.6) is 11.5 Å². The first kappa shape index (κ1) is 46.1. The molecular weight excluding hydrogens is 862 g/mol. The van der Waals surface area contributed by atoms with E-state index in [1.807, 2.05) is 0 Å². The number of alkyl halides is 6. The molecule has 4 aromatic carbocycles. The third-order valence-corrected chi connectivity index (χ3v) is 8.73. The fourth-order valence-corrected chi connectivity index (χ4v) is 6.56. The van der Waals surface area contributed by atoms with E-state index in [1.165, 1.54) is 24.3 Å². The maximum atomic E-state index is 13.5. The van der Waals surface area contributed by atoms with E-state index in [0.29, 0.717) is 0 Å². The van der Waals surface area contributed by atoms with Crippen LogP contribution >= 0.6 is 46.4 Å². The van der Waals surface area contributed by atoms with Crippen molar-refractivity contribution >= 4 is 75.6 Å². The van der Waals surface area contributed by atoms with E-state index in [2.05, 4.69) is 16.0 Å². The van der Waals surface area contributed by atoms with E-state index in [9.17, 15) is 40.7 Å². The van der Waals surface area contributed by atoms with Crippen molar-refractivity contribution < 1.29 is 54.9 Å². The Bertz CT molecular complexity index is 2120. The first-order valence-electron chi connectivity index (χ1n) is 17.2. The minimum Gasteiger partial charge on any atom is -0.486 e. The Hall–Kier alpha value is -4.57. The van der Waals surface area contributed by atoms with Crippen LogP contribution in [0.4, 0.5) is 37.7 Å². The Morgan fingerprint density at radius 1 is 0.586 bits per heavy atom. The number of ether oxygens (including phenoxy) is 3. The first-order chi connectivity index (χ1) is 27.0. The maximum absolute atomic E-state index is 13.5. The molecule has 0 saturated heterocycles. The number of halogens is 10. The molecular formula is C39H35Cl4F6N3O6. The first-order valence-corrected chi connectivity index (χ1v) is 18.7. The molecule has 0 bridgehead atoms. The van der Waals surface area contributed by atoms with Gasteiger partial charge in [0.05, 0.1) is 37.6 Å². The van der Waals surface area contributed by atoms with Gasteiger partial charge < -0.3 is 30.2 Å². The number of amides is 1. The molecule has 0 heterocycles. The highest BCUT2D eigenvalue weighted by molar-refractivity contribution is 6.38. The normalized spacial score (nSPS) is 11.7. The maximum Gasteiger partial charge on any atom is 0.416 e. The molecule has 0 atom stereocenters. The molecule has 0 aliphatic heterocycles. The van der Waals surface area contributed by atoms with Crippen LogP contribution in [0.15, 0.2) is 60.7 Å². The van der Waals surface area contributed by atoms with Crippen LogP contribution in [-0.4, -0.2) is 36.5 Å². The van der Waals surface area contributed by atoms with Crippen LogP contribution in [-0.2, 0) is 46.3 Å². The molecule has 19 heteroatoms. The summed E-state index contributed by atoms with van der Waals surface area (Å²) in [6, 6.07) is 11.4. The van der Waals surface area contributed by atoms with Crippen molar-refractivity contribution in [3.63, 3.8) is 0 Å². The number of nitrogens with one attached hydrogen (secondary N) is 3. The summed E-state index contributed by atoms with van der Waals surface area (Å²) in [7, 11) is 0. The molecule has 0 radical (unpaired) electrons. The Morgan fingerprint density at radius 3 is 1.40 bits per heavy atom. The van der Waals surface area contributed by atoms with E-state index >= 15 is 0 Å². The lowest BCUT2D eigenvalue weighted by molar-refractivity contribution is -0.158. The van der Waals surface area contributed by atoms with Gasteiger partial charge in [0.2, 0.25) is 0 Å². The Kier molecular flexibility index (Phi) is 15.5. The summed E-state index contributed by atoms with van der Waals surface area (Å²) in [5.41, 5.74) is -0.858. The molecule has 0 fully saturated rings. The molecule has 0 aromatic heterocycles. The predicted octanol–water partition coefficient (Wildman–Crippen LogP) is 11.2. The van der Waals surface area contributed by atoms with Gasteiger partial charge in [0.15, 0.2) is 11.5 Å². The third-order valence-electron chi connectivity index (χ3n) is 7.61. The second kappa shape index (κ2) is 19.5. The summed E-state index contributed by atoms with van der Waals surface area (Å²) in [5.74, 6) is -3.17. The van der Waals surface area contributed by atoms with E-state index in [4.69, 9.17) is 60.6 Å². The van der Waals surface area contributed by atoms with Crippen molar-refractivity contribution in [2.24, 2.45) is 0 Å². The van der Waals surface area contributed by atoms with Crippen molar-refractivity contribution in [1.82, 2.24) is 5.32 Å². The van der Waals surface area contributed by atoms with Crippen LogP contribution in [0.2, 0.25) is 20.1 Å². The molecule has 0 aliphatic rings. The molecule has 4 rings (SSSR count). The predicted molar refractivity (Wildman–Crippen MR) is 209 cm³/mol. The van der Waals surface area contributed by atoms with E-state index in [0.717, 1.165) is 36.4 Å². The SMILES string of the molecule is CC(C)Nc1cc(COc2c(Cl)cc(CC(=O)OC(=O)CNC(=O)c3cc(Cl)c(OCc4cc(NC(C)C)cc(C(F)(F)F)c4)c(Cl)c3)cc2Cl)cc(C(F)(F)F)c1. The van der Waals surface area contributed by atoms with Gasteiger partial charge in [-0.15, -0.1) is 0 Å². The number of carbonyl (C=O) groups excluding carboxylic acids is 3. The van der Waals surface area contributed by atoms with Crippen molar-refractivity contribution in [2.75, 3.05) is 17.2 Å². The van der Waals surface area contributed by atoms with Crippen LogP contribution in [0.25, 0.3) is 0 Å². The van der Waals surface area contributed by atoms with Crippen molar-refractivity contribution in [3.8, 4) is 11.5 Å². The second-order valence-corrected chi connectivity index (χ2v) is 15.0. The van der Waals surface area contributed by atoms with E-state index < -0.39 is 54.3 Å². The van der Waals surface area contributed by atoms with Crippen molar-refractivity contribution in [1.29, 1.82) is 0 Å². The lowest BCUT2D eigenvalue weighted by Crippen LogP contribution is -2.32. The highest BCUT2D eigenvalue weighted by Crippen LogP contribution is 2.38. The zero-order valence-electron chi connectivity index (χ0n) is 31.0. The summed E-state index contributed by atoms with van der Waals surface area (Å²) >= 11 is 25.2. The Labute approximate surface area is 349 Å². The van der Waals surface area contributed by atoms with Gasteiger partial charge in [0, 0.05) is 29.0 Å². The highest BCUT2D eigenvalue weighted by Gasteiger charge is 2.32. The van der Waals surface area contributed by atoms with Gasteiger partial charge >= 0.3 is 24.3 Å². The van der Waals surface area contributed by atoms with E-state index in [-0.39, 0.29) is 90.5 Å². The molecule has 58 heavy (non-hydrogen) atoms. The molecule has 0 aliphatic carbocycles. The quantitative estimate of drug-likeness (QED) is 0.0614. The monoisotopic (exact) mass is 895 g/mol. The van der Waals surface area contributed by atoms with Gasteiger partial charge in [-0.1, -0.05) is 46.4 Å². The van der Waals surface area contributed by atoms with E-state index in [1.54, 1.807) is 27.7 Å². The largest absolute Gasteiger partial charge is 0.486 e. The number of anilines is 2. The lowest BCUT2D eigenvalue weighted by atomic mass is 10.1. The fraction of sp³-hybridized carbons (Fsp3) is 0.308. The molecule has 0 saturated carbocycles. The highest BCUT2D eigenvalue weighted by atomic mass is 35.5. The van der Waals surface area contributed by atoms with Gasteiger partial charge in [-0.05, 0) is 105 Å². The standard InChI is InChI=1S/C39H35Cl4F6N3O6/c1-19(2)51-27-7-22(5-25(14-27)38(44,45)46)17-56-35-29(40)9-21(10-30(35)41)11-33(53)58-34(54)16-50-37(55)24-12-31(42)36(32(43)13-24)57-18-23-6-26(39(47,48)49)15-28(8-23)52-20(3)4/h5-10,12-15,19-20,51-52H,11,16-18H2,1-4H3,(H,50,55). The van der Waals surface area contributed by atoms with Gasteiger partial charge in [0.1, 0.15) is 19.8 Å². The van der Waals surface area contributed by atoms with Gasteiger partial charge in [-0.3, -0.25) is 9.59 Å². The number of carbonyl (C=O) groups is 3. The second-order valence-electron chi connectivity index (χ2n) is 13.4. The number of rotatable bonds is 15. The molecule has 4 aromatic rings. The van der Waals surface area contributed by atoms with Gasteiger partial charge in [-0.25, -0.2) is 4.79 Å². The topological polar surface area (TPSA) is 115 Å². The Balaban J connectivity index is 1.32. The number of hydrogen-bond acceptors (Lipinski definition) is 8. The lowest BCUT2D eigenvalue weighted by Gasteiger charge is -2.17. The third kappa shape index (κ3) is 13.5. The van der Waals surface area contributed by atoms with Crippen LogP contribution < -0.4 is 25.4 Å². The molecule has 1 amide bonds. The molecule has 312 valence electrons. The number of benzene rings is 4.